The van der Waals surface area contributed by atoms with E-state index < -0.39 is 0 Å². The highest BCUT2D eigenvalue weighted by atomic mass is 16.5. The molecule has 0 saturated heterocycles. The van der Waals surface area contributed by atoms with Gasteiger partial charge in [-0.05, 0) is 39.0 Å². The Morgan fingerprint density at radius 1 is 0.957 bits per heavy atom. The number of rotatable bonds is 6. The molecule has 23 heavy (non-hydrogen) atoms. The van der Waals surface area contributed by atoms with Crippen LogP contribution in [-0.4, -0.2) is 19.1 Å². The average molecular weight is 313 g/mol. The molecule has 0 aromatic heterocycles. The summed E-state index contributed by atoms with van der Waals surface area (Å²) in [6, 6.07) is 14.7. The minimum atomic E-state index is -0.175. The molecule has 1 N–H and O–H groups in total. The molecule has 4 nitrogen and oxygen atoms in total. The van der Waals surface area contributed by atoms with Crippen LogP contribution in [0.2, 0.25) is 0 Å². The van der Waals surface area contributed by atoms with Gasteiger partial charge in [0, 0.05) is 5.56 Å². The normalized spacial score (nSPS) is 11.9. The van der Waals surface area contributed by atoms with E-state index in [9.17, 15) is 4.79 Å². The van der Waals surface area contributed by atoms with Gasteiger partial charge in [-0.15, -0.1) is 0 Å². The highest BCUT2D eigenvalue weighted by Crippen LogP contribution is 2.26. The van der Waals surface area contributed by atoms with E-state index in [2.05, 4.69) is 5.32 Å². The van der Waals surface area contributed by atoms with Crippen molar-refractivity contribution in [3.05, 3.63) is 59.7 Å². The van der Waals surface area contributed by atoms with E-state index in [0.717, 1.165) is 11.3 Å². The van der Waals surface area contributed by atoms with Gasteiger partial charge in [0.1, 0.15) is 11.5 Å². The van der Waals surface area contributed by atoms with E-state index >= 15 is 0 Å². The van der Waals surface area contributed by atoms with E-state index in [1.54, 1.807) is 13.2 Å². The average Bonchev–Trinajstić information content (AvgIpc) is 2.54. The van der Waals surface area contributed by atoms with Crippen LogP contribution in [-0.2, 0) is 0 Å². The van der Waals surface area contributed by atoms with Crippen molar-refractivity contribution in [2.24, 2.45) is 0 Å². The second-order valence-corrected chi connectivity index (χ2v) is 5.60. The third-order valence-electron chi connectivity index (χ3n) is 3.45. The van der Waals surface area contributed by atoms with E-state index in [1.165, 1.54) is 0 Å². The Bertz CT molecular complexity index is 667. The topological polar surface area (TPSA) is 47.6 Å². The maximum atomic E-state index is 12.6. The van der Waals surface area contributed by atoms with Crippen LogP contribution in [0.4, 0.5) is 0 Å². The van der Waals surface area contributed by atoms with Crippen LogP contribution in [0.15, 0.2) is 48.5 Å². The van der Waals surface area contributed by atoms with Crippen molar-refractivity contribution in [3.8, 4) is 11.5 Å². The van der Waals surface area contributed by atoms with Gasteiger partial charge in [-0.25, -0.2) is 0 Å². The maximum absolute atomic E-state index is 12.6. The predicted octanol–water partition coefficient (Wildman–Crippen LogP) is 3.97. The van der Waals surface area contributed by atoms with Gasteiger partial charge >= 0.3 is 0 Å². The minimum Gasteiger partial charge on any atom is -0.496 e. The molecule has 0 unspecified atom stereocenters. The zero-order valence-corrected chi connectivity index (χ0v) is 14.0. The van der Waals surface area contributed by atoms with Gasteiger partial charge in [-0.2, -0.15) is 0 Å². The van der Waals surface area contributed by atoms with E-state index in [4.69, 9.17) is 9.47 Å². The number of carbonyl (C=O) groups excluding carboxylic acids is 1. The van der Waals surface area contributed by atoms with Gasteiger partial charge < -0.3 is 14.8 Å². The number of ether oxygens (including phenoxy) is 2. The fourth-order valence-electron chi connectivity index (χ4n) is 2.39. The van der Waals surface area contributed by atoms with Gasteiger partial charge in [0.05, 0.1) is 24.8 Å². The first-order valence-corrected chi connectivity index (χ1v) is 7.72. The van der Waals surface area contributed by atoms with Crippen LogP contribution in [0.1, 0.15) is 42.7 Å². The lowest BCUT2D eigenvalue weighted by atomic mass is 10.1. The molecule has 122 valence electrons. The lowest BCUT2D eigenvalue weighted by Gasteiger charge is -2.19. The number of hydrogen-bond acceptors (Lipinski definition) is 3. The summed E-state index contributed by atoms with van der Waals surface area (Å²) in [6.07, 6.45) is 0.00981. The lowest BCUT2D eigenvalue weighted by molar-refractivity contribution is 0.0933. The van der Waals surface area contributed by atoms with Crippen molar-refractivity contribution in [1.29, 1.82) is 0 Å². The van der Waals surface area contributed by atoms with Crippen LogP contribution < -0.4 is 14.8 Å². The first-order chi connectivity index (χ1) is 11.0. The Morgan fingerprint density at radius 2 is 1.57 bits per heavy atom. The smallest absolute Gasteiger partial charge is 0.255 e. The molecule has 0 saturated carbocycles. The summed E-state index contributed by atoms with van der Waals surface area (Å²) in [5.41, 5.74) is 1.47. The summed E-state index contributed by atoms with van der Waals surface area (Å²) in [5.74, 6) is 1.18. The molecule has 1 amide bonds. The molecule has 0 heterocycles. The number of benzene rings is 2. The molecule has 1 atom stereocenters. The summed E-state index contributed by atoms with van der Waals surface area (Å²) in [5, 5.41) is 3.00. The summed E-state index contributed by atoms with van der Waals surface area (Å²) < 4.78 is 11.1. The number of hydrogen-bond donors (Lipinski definition) is 1. The van der Waals surface area contributed by atoms with Crippen LogP contribution in [0, 0.1) is 0 Å². The number of para-hydroxylation sites is 2. The Hall–Kier alpha value is -2.49. The van der Waals surface area contributed by atoms with Crippen molar-refractivity contribution in [1.82, 2.24) is 5.32 Å². The van der Waals surface area contributed by atoms with Crippen LogP contribution in [0.5, 0.6) is 11.5 Å². The molecule has 4 heteroatoms. The molecule has 0 aliphatic rings. The van der Waals surface area contributed by atoms with Crippen LogP contribution in [0.3, 0.4) is 0 Å². The third kappa shape index (κ3) is 4.25. The summed E-state index contributed by atoms with van der Waals surface area (Å²) in [4.78, 5) is 12.6. The molecular formula is C19H23NO3. The van der Waals surface area contributed by atoms with Crippen molar-refractivity contribution in [2.75, 3.05) is 7.11 Å². The zero-order valence-electron chi connectivity index (χ0n) is 14.0. The van der Waals surface area contributed by atoms with Crippen molar-refractivity contribution in [3.63, 3.8) is 0 Å². The molecule has 0 fully saturated rings. The Kier molecular flexibility index (Phi) is 5.63. The second-order valence-electron chi connectivity index (χ2n) is 5.60. The summed E-state index contributed by atoms with van der Waals surface area (Å²) in [7, 11) is 1.62. The van der Waals surface area contributed by atoms with Gasteiger partial charge in [0.25, 0.3) is 5.91 Å². The van der Waals surface area contributed by atoms with Crippen molar-refractivity contribution < 1.29 is 14.3 Å². The molecule has 0 radical (unpaired) electrons. The lowest BCUT2D eigenvalue weighted by Crippen LogP contribution is -2.27. The molecule has 2 aromatic carbocycles. The van der Waals surface area contributed by atoms with Gasteiger partial charge in [0.2, 0.25) is 0 Å². The van der Waals surface area contributed by atoms with E-state index in [1.807, 2.05) is 63.2 Å². The van der Waals surface area contributed by atoms with Gasteiger partial charge in [-0.3, -0.25) is 4.79 Å². The van der Waals surface area contributed by atoms with Crippen LogP contribution in [0.25, 0.3) is 0 Å². The largest absolute Gasteiger partial charge is 0.496 e. The molecule has 0 aliphatic heterocycles. The second kappa shape index (κ2) is 7.68. The SMILES string of the molecule is COc1ccccc1[C@@H](C)NC(=O)c1ccccc1OC(C)C. The molecular weight excluding hydrogens is 290 g/mol. The van der Waals surface area contributed by atoms with Crippen molar-refractivity contribution >= 4 is 5.91 Å². The fraction of sp³-hybridized carbons (Fsp3) is 0.316. The minimum absolute atomic E-state index is 0.00981. The Labute approximate surface area is 137 Å². The number of nitrogens with one attached hydrogen (secondary N) is 1. The highest BCUT2D eigenvalue weighted by Gasteiger charge is 2.18. The molecule has 0 bridgehead atoms. The monoisotopic (exact) mass is 313 g/mol. The van der Waals surface area contributed by atoms with E-state index in [-0.39, 0.29) is 18.1 Å². The van der Waals surface area contributed by atoms with Crippen LogP contribution >= 0.6 is 0 Å². The number of carbonyl (C=O) groups is 1. The fourth-order valence-corrected chi connectivity index (χ4v) is 2.39. The first-order valence-electron chi connectivity index (χ1n) is 7.72. The predicted molar refractivity (Wildman–Crippen MR) is 91.1 cm³/mol. The number of methoxy groups -OCH3 is 1. The third-order valence-corrected chi connectivity index (χ3v) is 3.45. The standard InChI is InChI=1S/C19H23NO3/c1-13(2)23-18-12-8-6-10-16(18)19(21)20-14(3)15-9-5-7-11-17(15)22-4/h5-14H,1-4H3,(H,20,21)/t14-/m1/s1. The maximum Gasteiger partial charge on any atom is 0.255 e. The molecule has 2 rings (SSSR count). The number of amides is 1. The Balaban J connectivity index is 2.19. The first kappa shape index (κ1) is 16.9. The summed E-state index contributed by atoms with van der Waals surface area (Å²) >= 11 is 0. The van der Waals surface area contributed by atoms with Gasteiger partial charge in [0.15, 0.2) is 0 Å². The summed E-state index contributed by atoms with van der Waals surface area (Å²) in [6.45, 7) is 5.81. The quantitative estimate of drug-likeness (QED) is 0.877. The van der Waals surface area contributed by atoms with Gasteiger partial charge in [-0.1, -0.05) is 30.3 Å². The highest BCUT2D eigenvalue weighted by molar-refractivity contribution is 5.97. The van der Waals surface area contributed by atoms with Crippen molar-refractivity contribution in [2.45, 2.75) is 32.9 Å². The molecule has 0 aliphatic carbocycles. The molecule has 0 spiro atoms. The molecule has 2 aromatic rings. The zero-order chi connectivity index (χ0) is 16.8. The van der Waals surface area contributed by atoms with E-state index in [0.29, 0.717) is 11.3 Å². The Morgan fingerprint density at radius 3 is 2.22 bits per heavy atom.